The van der Waals surface area contributed by atoms with Crippen molar-refractivity contribution in [3.63, 3.8) is 0 Å². The van der Waals surface area contributed by atoms with Gasteiger partial charge < -0.3 is 15.4 Å². The molecule has 2 N–H and O–H groups in total. The van der Waals surface area contributed by atoms with Crippen LogP contribution in [0.3, 0.4) is 0 Å². The van der Waals surface area contributed by atoms with E-state index in [0.717, 1.165) is 25.6 Å². The lowest BCUT2D eigenvalue weighted by molar-refractivity contribution is 0.0931. The van der Waals surface area contributed by atoms with Gasteiger partial charge in [0.2, 0.25) is 0 Å². The molecule has 0 aliphatic heterocycles. The molecule has 0 radical (unpaired) electrons. The summed E-state index contributed by atoms with van der Waals surface area (Å²) in [5.41, 5.74) is 1.20. The number of rotatable bonds is 9. The Kier molecular flexibility index (Phi) is 7.83. The number of ether oxygens (including phenoxy) is 1. The highest BCUT2D eigenvalue weighted by atomic mass is 16.5. The third-order valence-corrected chi connectivity index (χ3v) is 3.55. The lowest BCUT2D eigenvalue weighted by Crippen LogP contribution is -2.41. The average Bonchev–Trinajstić information content (AvgIpc) is 3.12. The molecule has 0 spiro atoms. The Balaban J connectivity index is 1.58. The monoisotopic (exact) mass is 329 g/mol. The van der Waals surface area contributed by atoms with Crippen LogP contribution in [0.1, 0.15) is 12.5 Å². The molecule has 1 atom stereocenters. The van der Waals surface area contributed by atoms with Crippen molar-refractivity contribution < 1.29 is 4.74 Å². The number of guanidine groups is 1. The van der Waals surface area contributed by atoms with Gasteiger partial charge in [-0.1, -0.05) is 37.3 Å². The Labute approximate surface area is 143 Å². The van der Waals surface area contributed by atoms with Gasteiger partial charge in [0.1, 0.15) is 0 Å². The minimum atomic E-state index is 0.401. The lowest BCUT2D eigenvalue weighted by Gasteiger charge is -2.16. The van der Waals surface area contributed by atoms with Crippen LogP contribution in [0.15, 0.2) is 53.8 Å². The number of benzene rings is 1. The molecule has 0 aliphatic carbocycles. The molecule has 2 aromatic rings. The lowest BCUT2D eigenvalue weighted by atomic mass is 10.2. The van der Waals surface area contributed by atoms with Crippen LogP contribution in [0.5, 0.6) is 0 Å². The molecule has 0 saturated carbocycles. The van der Waals surface area contributed by atoms with Crippen molar-refractivity contribution in [1.29, 1.82) is 0 Å². The van der Waals surface area contributed by atoms with Gasteiger partial charge in [0.15, 0.2) is 5.96 Å². The Morgan fingerprint density at radius 1 is 1.25 bits per heavy atom. The summed E-state index contributed by atoms with van der Waals surface area (Å²) < 4.78 is 7.65. The van der Waals surface area contributed by atoms with E-state index in [0.29, 0.717) is 19.1 Å². The minimum absolute atomic E-state index is 0.401. The van der Waals surface area contributed by atoms with Crippen molar-refractivity contribution in [3.8, 4) is 0 Å². The number of hydrogen-bond donors (Lipinski definition) is 2. The third kappa shape index (κ3) is 6.83. The van der Waals surface area contributed by atoms with Crippen LogP contribution in [0.25, 0.3) is 0 Å². The molecule has 1 aromatic carbocycles. The molecule has 24 heavy (non-hydrogen) atoms. The number of aromatic nitrogens is 2. The first kappa shape index (κ1) is 18.0. The largest absolute Gasteiger partial charge is 0.376 e. The van der Waals surface area contributed by atoms with E-state index in [1.807, 2.05) is 35.1 Å². The van der Waals surface area contributed by atoms with E-state index in [9.17, 15) is 0 Å². The Morgan fingerprint density at radius 2 is 2.08 bits per heavy atom. The Bertz CT molecular complexity index is 583. The second kappa shape index (κ2) is 10.4. The fraction of sp³-hybridized carbons (Fsp3) is 0.444. The summed E-state index contributed by atoms with van der Waals surface area (Å²) in [5, 5.41) is 10.8. The van der Waals surface area contributed by atoms with Gasteiger partial charge in [-0.2, -0.15) is 5.10 Å². The molecular weight excluding hydrogens is 302 g/mol. The van der Waals surface area contributed by atoms with Crippen molar-refractivity contribution in [2.45, 2.75) is 20.1 Å². The van der Waals surface area contributed by atoms with Crippen LogP contribution in [0, 0.1) is 5.92 Å². The molecule has 6 nitrogen and oxygen atoms in total. The van der Waals surface area contributed by atoms with Crippen LogP contribution in [0.2, 0.25) is 0 Å². The fourth-order valence-electron chi connectivity index (χ4n) is 2.22. The van der Waals surface area contributed by atoms with Gasteiger partial charge in [0, 0.05) is 32.5 Å². The molecule has 6 heteroatoms. The number of aliphatic imine (C=N–C) groups is 1. The van der Waals surface area contributed by atoms with Crippen LogP contribution >= 0.6 is 0 Å². The van der Waals surface area contributed by atoms with Gasteiger partial charge in [-0.15, -0.1) is 0 Å². The second-order valence-corrected chi connectivity index (χ2v) is 5.75. The SMILES string of the molecule is CN=C(NCCn1cccn1)NCC(C)COCc1ccccc1. The Morgan fingerprint density at radius 3 is 2.79 bits per heavy atom. The van der Waals surface area contributed by atoms with Gasteiger partial charge in [-0.25, -0.2) is 0 Å². The van der Waals surface area contributed by atoms with Crippen molar-refractivity contribution in [2.75, 3.05) is 26.7 Å². The molecule has 1 unspecified atom stereocenters. The van der Waals surface area contributed by atoms with Gasteiger partial charge in [-0.05, 0) is 17.5 Å². The van der Waals surface area contributed by atoms with Crippen LogP contribution < -0.4 is 10.6 Å². The van der Waals surface area contributed by atoms with Gasteiger partial charge >= 0.3 is 0 Å². The molecule has 130 valence electrons. The zero-order valence-electron chi connectivity index (χ0n) is 14.5. The molecule has 0 bridgehead atoms. The van der Waals surface area contributed by atoms with Crippen molar-refractivity contribution >= 4 is 5.96 Å². The number of nitrogens with zero attached hydrogens (tertiary/aromatic N) is 3. The van der Waals surface area contributed by atoms with E-state index >= 15 is 0 Å². The van der Waals surface area contributed by atoms with Gasteiger partial charge in [-0.3, -0.25) is 9.67 Å². The van der Waals surface area contributed by atoms with Crippen LogP contribution in [-0.4, -0.2) is 42.5 Å². The predicted octanol–water partition coefficient (Wildman–Crippen LogP) is 1.90. The van der Waals surface area contributed by atoms with E-state index < -0.39 is 0 Å². The van der Waals surface area contributed by atoms with Crippen molar-refractivity contribution in [1.82, 2.24) is 20.4 Å². The van der Waals surface area contributed by atoms with Crippen molar-refractivity contribution in [3.05, 3.63) is 54.4 Å². The zero-order chi connectivity index (χ0) is 17.0. The summed E-state index contributed by atoms with van der Waals surface area (Å²) in [6.45, 7) is 5.93. The van der Waals surface area contributed by atoms with Crippen molar-refractivity contribution in [2.24, 2.45) is 10.9 Å². The minimum Gasteiger partial charge on any atom is -0.376 e. The molecule has 1 heterocycles. The van der Waals surface area contributed by atoms with Crippen LogP contribution in [0.4, 0.5) is 0 Å². The highest BCUT2D eigenvalue weighted by molar-refractivity contribution is 5.79. The zero-order valence-corrected chi connectivity index (χ0v) is 14.5. The fourth-order valence-corrected chi connectivity index (χ4v) is 2.22. The maximum atomic E-state index is 5.77. The summed E-state index contributed by atoms with van der Waals surface area (Å²) in [6, 6.07) is 12.2. The quantitative estimate of drug-likeness (QED) is 0.545. The normalized spacial score (nSPS) is 12.8. The molecule has 0 aliphatic rings. The second-order valence-electron chi connectivity index (χ2n) is 5.75. The molecule has 0 fully saturated rings. The smallest absolute Gasteiger partial charge is 0.191 e. The highest BCUT2D eigenvalue weighted by Gasteiger charge is 2.04. The maximum Gasteiger partial charge on any atom is 0.191 e. The van der Waals surface area contributed by atoms with E-state index in [-0.39, 0.29) is 0 Å². The summed E-state index contributed by atoms with van der Waals surface area (Å²) >= 11 is 0. The molecular formula is C18H27N5O. The van der Waals surface area contributed by atoms with Gasteiger partial charge in [0.25, 0.3) is 0 Å². The Hall–Kier alpha value is -2.34. The molecule has 1 aromatic heterocycles. The number of hydrogen-bond acceptors (Lipinski definition) is 3. The third-order valence-electron chi connectivity index (χ3n) is 3.55. The average molecular weight is 329 g/mol. The topological polar surface area (TPSA) is 63.5 Å². The summed E-state index contributed by atoms with van der Waals surface area (Å²) in [5.74, 6) is 1.20. The maximum absolute atomic E-state index is 5.77. The van der Waals surface area contributed by atoms with E-state index in [2.05, 4.69) is 39.8 Å². The molecule has 2 rings (SSSR count). The van der Waals surface area contributed by atoms with E-state index in [1.165, 1.54) is 5.56 Å². The highest BCUT2D eigenvalue weighted by Crippen LogP contribution is 2.02. The first-order chi connectivity index (χ1) is 11.8. The number of nitrogens with one attached hydrogen (secondary N) is 2. The van der Waals surface area contributed by atoms with E-state index in [1.54, 1.807) is 13.2 Å². The summed E-state index contributed by atoms with van der Waals surface area (Å²) in [4.78, 5) is 4.23. The van der Waals surface area contributed by atoms with E-state index in [4.69, 9.17) is 4.74 Å². The van der Waals surface area contributed by atoms with Crippen LogP contribution in [-0.2, 0) is 17.9 Å². The first-order valence-electron chi connectivity index (χ1n) is 8.31. The standard InChI is InChI=1S/C18H27N5O/c1-16(14-24-15-17-7-4-3-5-8-17)13-21-18(19-2)20-10-12-23-11-6-9-22-23/h3-9,11,16H,10,12-15H2,1-2H3,(H2,19,20,21). The molecule has 0 saturated heterocycles. The molecule has 0 amide bonds. The summed E-state index contributed by atoms with van der Waals surface area (Å²) in [7, 11) is 1.78. The summed E-state index contributed by atoms with van der Waals surface area (Å²) in [6.07, 6.45) is 3.73. The predicted molar refractivity (Wildman–Crippen MR) is 96.9 cm³/mol. The van der Waals surface area contributed by atoms with Gasteiger partial charge in [0.05, 0.1) is 19.8 Å². The first-order valence-corrected chi connectivity index (χ1v) is 8.31.